The molecule has 3 aromatic rings. The second-order valence-electron chi connectivity index (χ2n) is 3.52. The van der Waals surface area contributed by atoms with Crippen molar-refractivity contribution in [3.63, 3.8) is 0 Å². The number of fused-ring (bicyclic) bond motifs is 3. The summed E-state index contributed by atoms with van der Waals surface area (Å²) in [6.45, 7) is 2.10. The van der Waals surface area contributed by atoms with E-state index in [-0.39, 0.29) is 0 Å². The minimum absolute atomic E-state index is 1.07. The fourth-order valence-electron chi connectivity index (χ4n) is 1.85. The van der Waals surface area contributed by atoms with Crippen molar-refractivity contribution in [3.8, 4) is 0 Å². The Morgan fingerprint density at radius 3 is 2.93 bits per heavy atom. The van der Waals surface area contributed by atoms with Crippen molar-refractivity contribution in [1.29, 1.82) is 0 Å². The predicted molar refractivity (Wildman–Crippen MR) is 58.3 cm³/mol. The number of aromatic nitrogens is 2. The van der Waals surface area contributed by atoms with Gasteiger partial charge in [-0.3, -0.25) is 4.98 Å². The van der Waals surface area contributed by atoms with Crippen LogP contribution in [0.4, 0.5) is 0 Å². The lowest BCUT2D eigenvalue weighted by atomic mass is 10.2. The molecule has 68 valence electrons. The highest BCUT2D eigenvalue weighted by molar-refractivity contribution is 6.05. The highest BCUT2D eigenvalue weighted by atomic mass is 14.8. The largest absolute Gasteiger partial charge is 0.353 e. The number of nitrogens with one attached hydrogen (secondary N) is 1. The molecule has 0 unspecified atom stereocenters. The molecule has 0 atom stereocenters. The molecule has 3 rings (SSSR count). The summed E-state index contributed by atoms with van der Waals surface area (Å²) in [5.41, 5.74) is 4.62. The first-order valence-corrected chi connectivity index (χ1v) is 4.68. The normalized spacial score (nSPS) is 11.2. The standard InChI is InChI=1S/C12H10N2/c1-8-6-7-13-12-9-4-2-3-5-10(9)14-11(8)12/h2-7,14H,1H3. The van der Waals surface area contributed by atoms with E-state index in [0.29, 0.717) is 0 Å². The van der Waals surface area contributed by atoms with Gasteiger partial charge in [0.05, 0.1) is 11.0 Å². The van der Waals surface area contributed by atoms with E-state index in [9.17, 15) is 0 Å². The van der Waals surface area contributed by atoms with E-state index in [1.165, 1.54) is 10.9 Å². The molecule has 0 spiro atoms. The van der Waals surface area contributed by atoms with Gasteiger partial charge in [-0.2, -0.15) is 0 Å². The number of nitrogens with zero attached hydrogens (tertiary/aromatic N) is 1. The summed E-state index contributed by atoms with van der Waals surface area (Å²) in [6, 6.07) is 10.3. The van der Waals surface area contributed by atoms with Gasteiger partial charge in [-0.15, -0.1) is 0 Å². The van der Waals surface area contributed by atoms with Gasteiger partial charge in [-0.1, -0.05) is 18.2 Å². The first-order valence-electron chi connectivity index (χ1n) is 4.68. The van der Waals surface area contributed by atoms with E-state index in [1.54, 1.807) is 0 Å². The van der Waals surface area contributed by atoms with Crippen molar-refractivity contribution in [2.24, 2.45) is 0 Å². The Bertz CT molecular complexity index is 608. The average molecular weight is 182 g/mol. The van der Waals surface area contributed by atoms with Crippen LogP contribution in [0, 0.1) is 6.92 Å². The molecule has 2 aromatic heterocycles. The van der Waals surface area contributed by atoms with Gasteiger partial charge < -0.3 is 4.98 Å². The number of aryl methyl sites for hydroxylation is 1. The van der Waals surface area contributed by atoms with Gasteiger partial charge in [0.25, 0.3) is 0 Å². The molecular weight excluding hydrogens is 172 g/mol. The Morgan fingerprint density at radius 1 is 1.14 bits per heavy atom. The van der Waals surface area contributed by atoms with E-state index in [0.717, 1.165) is 16.6 Å². The second-order valence-corrected chi connectivity index (χ2v) is 3.52. The van der Waals surface area contributed by atoms with Crippen LogP contribution in [0.3, 0.4) is 0 Å². The zero-order chi connectivity index (χ0) is 9.54. The Balaban J connectivity index is 2.63. The molecule has 0 aliphatic carbocycles. The van der Waals surface area contributed by atoms with Gasteiger partial charge >= 0.3 is 0 Å². The van der Waals surface area contributed by atoms with E-state index in [2.05, 4.69) is 29.0 Å². The van der Waals surface area contributed by atoms with Crippen LogP contribution in [0.5, 0.6) is 0 Å². The third-order valence-electron chi connectivity index (χ3n) is 2.60. The van der Waals surface area contributed by atoms with E-state index in [1.807, 2.05) is 24.4 Å². The molecular formula is C12H10N2. The number of pyridine rings is 1. The predicted octanol–water partition coefficient (Wildman–Crippen LogP) is 3.02. The highest BCUT2D eigenvalue weighted by Crippen LogP contribution is 2.24. The van der Waals surface area contributed by atoms with Crippen LogP contribution in [0.15, 0.2) is 36.5 Å². The molecule has 0 radical (unpaired) electrons. The minimum Gasteiger partial charge on any atom is -0.353 e. The van der Waals surface area contributed by atoms with Crippen LogP contribution >= 0.6 is 0 Å². The number of para-hydroxylation sites is 1. The Kier molecular flexibility index (Phi) is 1.39. The number of hydrogen-bond donors (Lipinski definition) is 1. The Morgan fingerprint density at radius 2 is 2.00 bits per heavy atom. The summed E-state index contributed by atoms with van der Waals surface area (Å²) >= 11 is 0. The maximum atomic E-state index is 4.40. The van der Waals surface area contributed by atoms with Gasteiger partial charge in [-0.25, -0.2) is 0 Å². The molecule has 0 aliphatic rings. The zero-order valence-electron chi connectivity index (χ0n) is 7.91. The van der Waals surface area contributed by atoms with Crippen molar-refractivity contribution in [2.75, 3.05) is 0 Å². The molecule has 0 saturated heterocycles. The molecule has 1 aromatic carbocycles. The van der Waals surface area contributed by atoms with Gasteiger partial charge in [-0.05, 0) is 24.6 Å². The fraction of sp³-hybridized carbons (Fsp3) is 0.0833. The van der Waals surface area contributed by atoms with Crippen LogP contribution in [-0.4, -0.2) is 9.97 Å². The highest BCUT2D eigenvalue weighted by Gasteiger charge is 2.05. The van der Waals surface area contributed by atoms with E-state index >= 15 is 0 Å². The number of rotatable bonds is 0. The monoisotopic (exact) mass is 182 g/mol. The summed E-state index contributed by atoms with van der Waals surface area (Å²) < 4.78 is 0. The molecule has 14 heavy (non-hydrogen) atoms. The third-order valence-corrected chi connectivity index (χ3v) is 2.60. The lowest BCUT2D eigenvalue weighted by molar-refractivity contribution is 1.36. The molecule has 0 saturated carbocycles. The van der Waals surface area contributed by atoms with Crippen LogP contribution < -0.4 is 0 Å². The lowest BCUT2D eigenvalue weighted by Gasteiger charge is -1.92. The van der Waals surface area contributed by atoms with E-state index in [4.69, 9.17) is 0 Å². The fourth-order valence-corrected chi connectivity index (χ4v) is 1.85. The average Bonchev–Trinajstić information content (AvgIpc) is 2.59. The maximum Gasteiger partial charge on any atom is 0.0960 e. The molecule has 2 heteroatoms. The first kappa shape index (κ1) is 7.56. The lowest BCUT2D eigenvalue weighted by Crippen LogP contribution is -1.78. The molecule has 0 bridgehead atoms. The van der Waals surface area contributed by atoms with Crippen LogP contribution in [0.25, 0.3) is 21.9 Å². The number of H-pyrrole nitrogens is 1. The van der Waals surface area contributed by atoms with Gasteiger partial charge in [0.2, 0.25) is 0 Å². The van der Waals surface area contributed by atoms with Crippen molar-refractivity contribution >= 4 is 21.9 Å². The zero-order valence-corrected chi connectivity index (χ0v) is 7.91. The Labute approximate surface area is 81.6 Å². The summed E-state index contributed by atoms with van der Waals surface area (Å²) in [7, 11) is 0. The van der Waals surface area contributed by atoms with Crippen molar-refractivity contribution in [3.05, 3.63) is 42.1 Å². The summed E-state index contributed by atoms with van der Waals surface area (Å²) in [5.74, 6) is 0. The second kappa shape index (κ2) is 2.58. The maximum absolute atomic E-state index is 4.40. The number of benzene rings is 1. The topological polar surface area (TPSA) is 28.7 Å². The molecule has 0 fully saturated rings. The number of aromatic amines is 1. The molecule has 2 heterocycles. The summed E-state index contributed by atoms with van der Waals surface area (Å²) in [6.07, 6.45) is 1.86. The van der Waals surface area contributed by atoms with Crippen LogP contribution in [0.2, 0.25) is 0 Å². The summed E-state index contributed by atoms with van der Waals surface area (Å²) in [5, 5.41) is 1.20. The van der Waals surface area contributed by atoms with Crippen molar-refractivity contribution in [2.45, 2.75) is 6.92 Å². The Hall–Kier alpha value is -1.83. The summed E-state index contributed by atoms with van der Waals surface area (Å²) in [4.78, 5) is 7.78. The molecule has 0 amide bonds. The third kappa shape index (κ3) is 0.880. The van der Waals surface area contributed by atoms with Crippen LogP contribution in [-0.2, 0) is 0 Å². The van der Waals surface area contributed by atoms with Gasteiger partial charge in [0.15, 0.2) is 0 Å². The van der Waals surface area contributed by atoms with Gasteiger partial charge in [0.1, 0.15) is 0 Å². The number of hydrogen-bond acceptors (Lipinski definition) is 1. The van der Waals surface area contributed by atoms with E-state index < -0.39 is 0 Å². The SMILES string of the molecule is Cc1ccnc2c1[nH]c1ccccc12. The minimum atomic E-state index is 1.07. The van der Waals surface area contributed by atoms with Crippen LogP contribution in [0.1, 0.15) is 5.56 Å². The quantitative estimate of drug-likeness (QED) is 0.568. The molecule has 2 nitrogen and oxygen atoms in total. The van der Waals surface area contributed by atoms with Crippen molar-refractivity contribution in [1.82, 2.24) is 9.97 Å². The van der Waals surface area contributed by atoms with Crippen molar-refractivity contribution < 1.29 is 0 Å². The molecule has 0 aliphatic heterocycles. The smallest absolute Gasteiger partial charge is 0.0960 e. The first-order chi connectivity index (χ1) is 6.86. The molecule has 1 N–H and O–H groups in total. The van der Waals surface area contributed by atoms with Gasteiger partial charge in [0, 0.05) is 17.1 Å².